The largest absolute Gasteiger partial charge is 0.493 e. The molecule has 0 aromatic carbocycles. The van der Waals surface area contributed by atoms with Gasteiger partial charge >= 0.3 is 0 Å². The molecule has 1 aromatic rings. The first-order chi connectivity index (χ1) is 9.11. The SMILES string of the molecule is Cc1c(C#N)c(O)n(C2CCNCC2)c(=O)c1N=N. The molecule has 1 saturated heterocycles. The standard InChI is InChI=1S/C12H15N5O2/c1-7-9(6-13)11(18)17(12(19)10(7)16-14)8-2-4-15-5-3-8/h8,14-15,18H,2-5H2,1H3. The first-order valence-electron chi connectivity index (χ1n) is 6.08. The van der Waals surface area contributed by atoms with Crippen LogP contribution in [0.15, 0.2) is 9.91 Å². The lowest BCUT2D eigenvalue weighted by atomic mass is 10.0. The Morgan fingerprint density at radius 3 is 2.68 bits per heavy atom. The van der Waals surface area contributed by atoms with Crippen LogP contribution in [-0.4, -0.2) is 22.8 Å². The summed E-state index contributed by atoms with van der Waals surface area (Å²) in [7, 11) is 0. The molecular formula is C12H15N5O2. The molecule has 0 aliphatic carbocycles. The lowest BCUT2D eigenvalue weighted by Gasteiger charge is -2.26. The molecule has 1 aliphatic rings. The lowest BCUT2D eigenvalue weighted by molar-refractivity contribution is 0.312. The monoisotopic (exact) mass is 261 g/mol. The predicted molar refractivity (Wildman–Crippen MR) is 67.8 cm³/mol. The van der Waals surface area contributed by atoms with Gasteiger partial charge in [0.1, 0.15) is 11.6 Å². The van der Waals surface area contributed by atoms with E-state index in [0.717, 1.165) is 13.1 Å². The van der Waals surface area contributed by atoms with E-state index in [0.29, 0.717) is 12.8 Å². The molecule has 0 spiro atoms. The number of aromatic hydroxyl groups is 1. The van der Waals surface area contributed by atoms with Gasteiger partial charge in [-0.15, -0.1) is 0 Å². The molecule has 1 fully saturated rings. The summed E-state index contributed by atoms with van der Waals surface area (Å²) >= 11 is 0. The molecule has 0 amide bonds. The molecule has 19 heavy (non-hydrogen) atoms. The normalized spacial score (nSPS) is 16.0. The minimum atomic E-state index is -0.504. The third kappa shape index (κ3) is 2.11. The second kappa shape index (κ2) is 5.20. The van der Waals surface area contributed by atoms with Crippen LogP contribution < -0.4 is 10.9 Å². The van der Waals surface area contributed by atoms with E-state index < -0.39 is 5.56 Å². The van der Waals surface area contributed by atoms with Crippen molar-refractivity contribution in [3.05, 3.63) is 21.5 Å². The third-order valence-electron chi connectivity index (χ3n) is 3.50. The van der Waals surface area contributed by atoms with Crippen molar-refractivity contribution in [1.82, 2.24) is 9.88 Å². The molecule has 1 aromatic heterocycles. The number of pyridine rings is 1. The maximum absolute atomic E-state index is 12.3. The summed E-state index contributed by atoms with van der Waals surface area (Å²) in [6.07, 6.45) is 1.39. The van der Waals surface area contributed by atoms with Crippen LogP contribution in [0.4, 0.5) is 5.69 Å². The van der Waals surface area contributed by atoms with Gasteiger partial charge in [-0.1, -0.05) is 0 Å². The van der Waals surface area contributed by atoms with Crippen LogP contribution in [0, 0.1) is 23.8 Å². The molecule has 0 unspecified atom stereocenters. The molecule has 0 saturated carbocycles. The van der Waals surface area contributed by atoms with Gasteiger partial charge in [-0.2, -0.15) is 10.4 Å². The molecule has 2 heterocycles. The van der Waals surface area contributed by atoms with E-state index in [2.05, 4.69) is 10.4 Å². The van der Waals surface area contributed by atoms with Crippen molar-refractivity contribution in [3.8, 4) is 11.9 Å². The number of nitriles is 1. The summed E-state index contributed by atoms with van der Waals surface area (Å²) in [5.41, 5.74) is 6.78. The van der Waals surface area contributed by atoms with Crippen molar-refractivity contribution in [3.63, 3.8) is 0 Å². The van der Waals surface area contributed by atoms with Crippen molar-refractivity contribution in [2.45, 2.75) is 25.8 Å². The zero-order valence-electron chi connectivity index (χ0n) is 10.6. The van der Waals surface area contributed by atoms with E-state index in [-0.39, 0.29) is 28.7 Å². The van der Waals surface area contributed by atoms with Gasteiger partial charge < -0.3 is 10.4 Å². The van der Waals surface area contributed by atoms with E-state index in [1.807, 2.05) is 6.07 Å². The van der Waals surface area contributed by atoms with Gasteiger partial charge in [-0.3, -0.25) is 9.36 Å². The van der Waals surface area contributed by atoms with Crippen LogP contribution >= 0.6 is 0 Å². The second-order valence-corrected chi connectivity index (χ2v) is 4.55. The van der Waals surface area contributed by atoms with Gasteiger partial charge in [-0.05, 0) is 32.9 Å². The Hall–Kier alpha value is -2.20. The van der Waals surface area contributed by atoms with Gasteiger partial charge in [0, 0.05) is 11.6 Å². The Kier molecular flexibility index (Phi) is 3.62. The quantitative estimate of drug-likeness (QED) is 0.696. The maximum Gasteiger partial charge on any atom is 0.281 e. The molecular weight excluding hydrogens is 246 g/mol. The van der Waals surface area contributed by atoms with Crippen molar-refractivity contribution >= 4 is 5.69 Å². The molecule has 7 heteroatoms. The highest BCUT2D eigenvalue weighted by atomic mass is 16.3. The smallest absolute Gasteiger partial charge is 0.281 e. The number of aromatic nitrogens is 1. The second-order valence-electron chi connectivity index (χ2n) is 4.55. The maximum atomic E-state index is 12.3. The van der Waals surface area contributed by atoms with Crippen LogP contribution in [0.3, 0.4) is 0 Å². The van der Waals surface area contributed by atoms with E-state index >= 15 is 0 Å². The van der Waals surface area contributed by atoms with E-state index in [1.54, 1.807) is 0 Å². The minimum absolute atomic E-state index is 0.0177. The van der Waals surface area contributed by atoms with Crippen molar-refractivity contribution in [1.29, 1.82) is 10.8 Å². The number of rotatable bonds is 2. The molecule has 3 N–H and O–H groups in total. The van der Waals surface area contributed by atoms with Crippen LogP contribution in [0.1, 0.15) is 30.0 Å². The fraction of sp³-hybridized carbons (Fsp3) is 0.500. The molecule has 100 valence electrons. The Morgan fingerprint density at radius 1 is 1.53 bits per heavy atom. The summed E-state index contributed by atoms with van der Waals surface area (Å²) in [5.74, 6) is -0.315. The third-order valence-corrected chi connectivity index (χ3v) is 3.50. The Morgan fingerprint density at radius 2 is 2.16 bits per heavy atom. The summed E-state index contributed by atoms with van der Waals surface area (Å²) in [4.78, 5) is 12.3. The Labute approximate surface area is 110 Å². The molecule has 7 nitrogen and oxygen atoms in total. The van der Waals surface area contributed by atoms with Crippen LogP contribution in [0.2, 0.25) is 0 Å². The Balaban J connectivity index is 2.69. The zero-order valence-corrected chi connectivity index (χ0v) is 10.6. The van der Waals surface area contributed by atoms with E-state index in [4.69, 9.17) is 10.8 Å². The minimum Gasteiger partial charge on any atom is -0.493 e. The van der Waals surface area contributed by atoms with E-state index in [1.165, 1.54) is 11.5 Å². The zero-order chi connectivity index (χ0) is 14.0. The summed E-state index contributed by atoms with van der Waals surface area (Å²) in [5, 5.41) is 25.6. The van der Waals surface area contributed by atoms with Crippen LogP contribution in [0.5, 0.6) is 5.88 Å². The van der Waals surface area contributed by atoms with Gasteiger partial charge in [-0.25, -0.2) is 5.53 Å². The predicted octanol–water partition coefficient (Wildman–Crippen LogP) is 1.32. The first kappa shape index (κ1) is 13.2. The first-order valence-corrected chi connectivity index (χ1v) is 6.08. The highest BCUT2D eigenvalue weighted by Crippen LogP contribution is 2.30. The summed E-state index contributed by atoms with van der Waals surface area (Å²) < 4.78 is 1.21. The van der Waals surface area contributed by atoms with Crippen molar-refractivity contribution in [2.24, 2.45) is 5.11 Å². The van der Waals surface area contributed by atoms with Gasteiger partial charge in [0.2, 0.25) is 5.88 Å². The van der Waals surface area contributed by atoms with Crippen LogP contribution in [-0.2, 0) is 0 Å². The fourth-order valence-corrected chi connectivity index (χ4v) is 2.45. The van der Waals surface area contributed by atoms with Gasteiger partial charge in [0.25, 0.3) is 5.56 Å². The number of nitrogens with zero attached hydrogens (tertiary/aromatic N) is 3. The number of hydrogen-bond donors (Lipinski definition) is 3. The van der Waals surface area contributed by atoms with Crippen LogP contribution in [0.25, 0.3) is 0 Å². The number of piperidine rings is 1. The summed E-state index contributed by atoms with van der Waals surface area (Å²) in [6.45, 7) is 3.01. The number of nitrogens with one attached hydrogen (secondary N) is 2. The molecule has 0 atom stereocenters. The molecule has 2 rings (SSSR count). The van der Waals surface area contributed by atoms with Crippen molar-refractivity contribution in [2.75, 3.05) is 13.1 Å². The fourth-order valence-electron chi connectivity index (χ4n) is 2.45. The average molecular weight is 261 g/mol. The lowest BCUT2D eigenvalue weighted by Crippen LogP contribution is -2.34. The summed E-state index contributed by atoms with van der Waals surface area (Å²) in [6, 6.07) is 1.71. The molecule has 1 aliphatic heterocycles. The molecule has 0 bridgehead atoms. The van der Waals surface area contributed by atoms with Crippen molar-refractivity contribution < 1.29 is 5.11 Å². The topological polar surface area (TPSA) is 114 Å². The van der Waals surface area contributed by atoms with Gasteiger partial charge in [0.05, 0.1) is 0 Å². The average Bonchev–Trinajstić information content (AvgIpc) is 2.41. The van der Waals surface area contributed by atoms with E-state index in [9.17, 15) is 9.90 Å². The van der Waals surface area contributed by atoms with Gasteiger partial charge in [0.15, 0.2) is 5.69 Å². The Bertz CT molecular complexity index is 608. The number of hydrogen-bond acceptors (Lipinski definition) is 6. The highest BCUT2D eigenvalue weighted by Gasteiger charge is 2.25. The molecule has 0 radical (unpaired) electrons. The highest BCUT2D eigenvalue weighted by molar-refractivity contribution is 5.56.